The summed E-state index contributed by atoms with van der Waals surface area (Å²) in [5.41, 5.74) is 0.128. The Bertz CT molecular complexity index is 613. The lowest BCUT2D eigenvalue weighted by molar-refractivity contribution is 0.0240. The molecule has 0 radical (unpaired) electrons. The molecule has 122 valence electrons. The molecule has 2 heterocycles. The maximum atomic E-state index is 12.2. The summed E-state index contributed by atoms with van der Waals surface area (Å²) in [6, 6.07) is 1.82. The molecule has 7 heteroatoms. The van der Waals surface area contributed by atoms with Gasteiger partial charge in [0.15, 0.2) is 0 Å². The summed E-state index contributed by atoms with van der Waals surface area (Å²) in [5.74, 6) is 0. The molecule has 2 rings (SSSR count). The highest BCUT2D eigenvalue weighted by Gasteiger charge is 2.26. The Labute approximate surface area is 138 Å². The molecule has 0 N–H and O–H groups in total. The molecule has 1 saturated heterocycles. The number of aryl methyl sites for hydroxylation is 1. The molecule has 1 aromatic heterocycles. The smallest absolute Gasteiger partial charge is 0.410 e. The predicted octanol–water partition coefficient (Wildman–Crippen LogP) is 2.20. The molecule has 0 atom stereocenters. The van der Waals surface area contributed by atoms with E-state index in [0.717, 1.165) is 4.47 Å². The van der Waals surface area contributed by atoms with Crippen molar-refractivity contribution in [1.29, 1.82) is 0 Å². The molecule has 1 fully saturated rings. The summed E-state index contributed by atoms with van der Waals surface area (Å²) in [5, 5.41) is 0. The molecule has 0 spiro atoms. The van der Waals surface area contributed by atoms with E-state index < -0.39 is 5.60 Å². The van der Waals surface area contributed by atoms with Crippen LogP contribution in [0.3, 0.4) is 0 Å². The number of aromatic nitrogens is 1. The summed E-state index contributed by atoms with van der Waals surface area (Å²) >= 11 is 3.41. The minimum Gasteiger partial charge on any atom is -0.444 e. The standard InChI is InChI=1S/C15H22BrN3O3/c1-15(2,3)22-14(21)19-7-5-18(6-8-19)12-9-11(16)10-17(4)13(12)20/h9-10H,5-8H2,1-4H3. The number of anilines is 1. The Balaban J connectivity index is 2.04. The maximum Gasteiger partial charge on any atom is 0.410 e. The molecule has 0 bridgehead atoms. The number of halogens is 1. The normalized spacial score (nSPS) is 15.9. The minimum absolute atomic E-state index is 0.0334. The third-order valence-electron chi connectivity index (χ3n) is 3.40. The van der Waals surface area contributed by atoms with Gasteiger partial charge in [-0.1, -0.05) is 0 Å². The van der Waals surface area contributed by atoms with Gasteiger partial charge < -0.3 is 19.1 Å². The maximum absolute atomic E-state index is 12.2. The van der Waals surface area contributed by atoms with E-state index in [-0.39, 0.29) is 11.7 Å². The lowest BCUT2D eigenvalue weighted by Crippen LogP contribution is -2.51. The van der Waals surface area contributed by atoms with Gasteiger partial charge in [-0.15, -0.1) is 0 Å². The van der Waals surface area contributed by atoms with Crippen molar-refractivity contribution in [2.24, 2.45) is 7.05 Å². The number of rotatable bonds is 1. The van der Waals surface area contributed by atoms with Crippen LogP contribution >= 0.6 is 15.9 Å². The molecule has 1 aliphatic rings. The van der Waals surface area contributed by atoms with Crippen molar-refractivity contribution in [1.82, 2.24) is 9.47 Å². The molecule has 0 unspecified atom stereocenters. The van der Waals surface area contributed by atoms with E-state index in [1.165, 1.54) is 0 Å². The van der Waals surface area contributed by atoms with Crippen LogP contribution in [0.4, 0.5) is 10.5 Å². The number of ether oxygens (including phenoxy) is 1. The van der Waals surface area contributed by atoms with Crippen LogP contribution in [0.2, 0.25) is 0 Å². The average molecular weight is 372 g/mol. The molecular formula is C15H22BrN3O3. The fourth-order valence-electron chi connectivity index (χ4n) is 2.34. The van der Waals surface area contributed by atoms with Crippen molar-refractivity contribution in [3.05, 3.63) is 27.1 Å². The Kier molecular flexibility index (Phi) is 4.84. The molecule has 22 heavy (non-hydrogen) atoms. The SMILES string of the molecule is Cn1cc(Br)cc(N2CCN(C(=O)OC(C)(C)C)CC2)c1=O. The number of nitrogens with zero attached hydrogens (tertiary/aromatic N) is 3. The minimum atomic E-state index is -0.492. The lowest BCUT2D eigenvalue weighted by Gasteiger charge is -2.36. The van der Waals surface area contributed by atoms with Crippen LogP contribution in [-0.4, -0.2) is 47.3 Å². The van der Waals surface area contributed by atoms with E-state index >= 15 is 0 Å². The zero-order valence-electron chi connectivity index (χ0n) is 13.4. The second-order valence-electron chi connectivity index (χ2n) is 6.41. The molecular weight excluding hydrogens is 350 g/mol. The van der Waals surface area contributed by atoms with Gasteiger partial charge in [-0.05, 0) is 42.8 Å². The predicted molar refractivity (Wildman–Crippen MR) is 89.4 cm³/mol. The van der Waals surface area contributed by atoms with Crippen molar-refractivity contribution in [2.75, 3.05) is 31.1 Å². The van der Waals surface area contributed by atoms with Gasteiger partial charge in [0.1, 0.15) is 11.3 Å². The highest BCUT2D eigenvalue weighted by atomic mass is 79.9. The van der Waals surface area contributed by atoms with Gasteiger partial charge >= 0.3 is 6.09 Å². The molecule has 1 aromatic rings. The number of carbonyl (C=O) groups excluding carboxylic acids is 1. The molecule has 6 nitrogen and oxygen atoms in total. The van der Waals surface area contributed by atoms with Crippen LogP contribution in [0.5, 0.6) is 0 Å². The van der Waals surface area contributed by atoms with Crippen LogP contribution in [0.1, 0.15) is 20.8 Å². The van der Waals surface area contributed by atoms with Crippen molar-refractivity contribution in [3.63, 3.8) is 0 Å². The fourth-order valence-corrected chi connectivity index (χ4v) is 2.86. The summed E-state index contributed by atoms with van der Waals surface area (Å²) in [6.07, 6.45) is 1.44. The van der Waals surface area contributed by atoms with Gasteiger partial charge in [-0.3, -0.25) is 4.79 Å². The third kappa shape index (κ3) is 4.03. The highest BCUT2D eigenvalue weighted by molar-refractivity contribution is 9.10. The van der Waals surface area contributed by atoms with Crippen LogP contribution in [0.25, 0.3) is 0 Å². The molecule has 0 aliphatic carbocycles. The summed E-state index contributed by atoms with van der Waals surface area (Å²) in [7, 11) is 1.73. The first-order valence-electron chi connectivity index (χ1n) is 7.26. The first kappa shape index (κ1) is 16.9. The Morgan fingerprint density at radius 1 is 1.23 bits per heavy atom. The summed E-state index contributed by atoms with van der Waals surface area (Å²) < 4.78 is 7.79. The van der Waals surface area contributed by atoms with Gasteiger partial charge in [0, 0.05) is 43.9 Å². The number of pyridine rings is 1. The van der Waals surface area contributed by atoms with Crippen LogP contribution in [0, 0.1) is 0 Å². The molecule has 0 saturated carbocycles. The van der Waals surface area contributed by atoms with Crippen molar-refractivity contribution >= 4 is 27.7 Å². The molecule has 1 aliphatic heterocycles. The Hall–Kier alpha value is -1.50. The van der Waals surface area contributed by atoms with Crippen molar-refractivity contribution < 1.29 is 9.53 Å². The second kappa shape index (κ2) is 6.32. The van der Waals surface area contributed by atoms with E-state index in [1.54, 1.807) is 22.7 Å². The van der Waals surface area contributed by atoms with E-state index in [9.17, 15) is 9.59 Å². The van der Waals surface area contributed by atoms with Crippen LogP contribution < -0.4 is 10.5 Å². The van der Waals surface area contributed by atoms with E-state index in [0.29, 0.717) is 31.9 Å². The van der Waals surface area contributed by atoms with Crippen LogP contribution in [0.15, 0.2) is 21.5 Å². The largest absolute Gasteiger partial charge is 0.444 e. The van der Waals surface area contributed by atoms with E-state index in [4.69, 9.17) is 4.74 Å². The monoisotopic (exact) mass is 371 g/mol. The van der Waals surface area contributed by atoms with Gasteiger partial charge in [0.05, 0.1) is 0 Å². The van der Waals surface area contributed by atoms with Gasteiger partial charge in [0.25, 0.3) is 5.56 Å². The van der Waals surface area contributed by atoms with Gasteiger partial charge in [-0.25, -0.2) is 4.79 Å². The third-order valence-corrected chi connectivity index (χ3v) is 3.84. The fraction of sp³-hybridized carbons (Fsp3) is 0.600. The number of amides is 1. The summed E-state index contributed by atoms with van der Waals surface area (Å²) in [4.78, 5) is 28.0. The Morgan fingerprint density at radius 3 is 2.36 bits per heavy atom. The van der Waals surface area contributed by atoms with E-state index in [2.05, 4.69) is 15.9 Å². The topological polar surface area (TPSA) is 54.8 Å². The Morgan fingerprint density at radius 2 is 1.82 bits per heavy atom. The van der Waals surface area contributed by atoms with Crippen molar-refractivity contribution in [2.45, 2.75) is 26.4 Å². The number of carbonyl (C=O) groups is 1. The zero-order chi connectivity index (χ0) is 16.5. The van der Waals surface area contributed by atoms with E-state index in [1.807, 2.05) is 31.7 Å². The second-order valence-corrected chi connectivity index (χ2v) is 7.33. The van der Waals surface area contributed by atoms with Crippen molar-refractivity contribution in [3.8, 4) is 0 Å². The number of hydrogen-bond acceptors (Lipinski definition) is 4. The highest BCUT2D eigenvalue weighted by Crippen LogP contribution is 2.18. The zero-order valence-corrected chi connectivity index (χ0v) is 15.0. The van der Waals surface area contributed by atoms with Crippen LogP contribution in [-0.2, 0) is 11.8 Å². The number of hydrogen-bond donors (Lipinski definition) is 0. The molecule has 0 aromatic carbocycles. The lowest BCUT2D eigenvalue weighted by atomic mass is 10.2. The average Bonchev–Trinajstić information content (AvgIpc) is 2.41. The molecule has 1 amide bonds. The quantitative estimate of drug-likeness (QED) is 0.759. The first-order valence-corrected chi connectivity index (χ1v) is 8.06. The van der Waals surface area contributed by atoms with Gasteiger partial charge in [0.2, 0.25) is 0 Å². The summed E-state index contributed by atoms with van der Waals surface area (Å²) in [6.45, 7) is 7.89. The first-order chi connectivity index (χ1) is 10.2. The van der Waals surface area contributed by atoms with Gasteiger partial charge in [-0.2, -0.15) is 0 Å². The number of piperazine rings is 1.